The molecule has 0 unspecified atom stereocenters. The Labute approximate surface area is 191 Å². The number of hydrogen-bond donors (Lipinski definition) is 1. The van der Waals surface area contributed by atoms with Crippen molar-refractivity contribution in [1.29, 1.82) is 0 Å². The van der Waals surface area contributed by atoms with Gasteiger partial charge in [0.05, 0.1) is 26.0 Å². The highest BCUT2D eigenvalue weighted by Gasteiger charge is 2.25. The molecule has 3 aromatic heterocycles. The highest BCUT2D eigenvalue weighted by Crippen LogP contribution is 2.37. The second kappa shape index (κ2) is 9.66. The molecule has 0 radical (unpaired) electrons. The lowest BCUT2D eigenvalue weighted by molar-refractivity contribution is 0.122. The van der Waals surface area contributed by atoms with Crippen LogP contribution >= 0.6 is 0 Å². The molecule has 0 amide bonds. The molecule has 4 aromatic rings. The largest absolute Gasteiger partial charge is 0.485 e. The summed E-state index contributed by atoms with van der Waals surface area (Å²) in [7, 11) is 0. The molecule has 0 spiro atoms. The van der Waals surface area contributed by atoms with Crippen LogP contribution in [0, 0.1) is 0 Å². The minimum absolute atomic E-state index is 0.241. The second-order valence-corrected chi connectivity index (χ2v) is 7.37. The number of rotatable bonds is 7. The topological polar surface area (TPSA) is 97.8 Å². The Bertz CT molecular complexity index is 1250. The zero-order chi connectivity index (χ0) is 22.5. The van der Waals surface area contributed by atoms with Gasteiger partial charge in [-0.2, -0.15) is 4.98 Å². The molecule has 1 aromatic carbocycles. The SMILES string of the molecule is CCOc1c(ON=Cc2c[nH]c3ccccc23)nc(-c2ccccn2)nc1N1CCOCC1. The summed E-state index contributed by atoms with van der Waals surface area (Å²) in [6.07, 6.45) is 5.25. The van der Waals surface area contributed by atoms with Gasteiger partial charge in [0, 0.05) is 41.9 Å². The Morgan fingerprint density at radius 3 is 2.79 bits per heavy atom. The average Bonchev–Trinajstić information content (AvgIpc) is 3.29. The number of fused-ring (bicyclic) bond motifs is 1. The standard InChI is InChI=1S/C24H24N6O3/c1-2-32-21-23(30-11-13-31-14-12-30)28-22(20-9-5-6-10-25-20)29-24(21)33-27-16-17-15-26-19-8-4-3-7-18(17)19/h3-10,15-16,26H,2,11-14H2,1H3. The molecule has 1 N–H and O–H groups in total. The van der Waals surface area contributed by atoms with Gasteiger partial charge in [-0.25, -0.2) is 4.98 Å². The first-order valence-electron chi connectivity index (χ1n) is 10.9. The number of benzene rings is 1. The summed E-state index contributed by atoms with van der Waals surface area (Å²) in [4.78, 5) is 24.9. The van der Waals surface area contributed by atoms with Gasteiger partial charge in [-0.3, -0.25) is 4.98 Å². The number of nitrogens with zero attached hydrogens (tertiary/aromatic N) is 5. The molecular formula is C24H24N6O3. The summed E-state index contributed by atoms with van der Waals surface area (Å²) >= 11 is 0. The fraction of sp³-hybridized carbons (Fsp3) is 0.250. The molecule has 0 atom stereocenters. The van der Waals surface area contributed by atoms with E-state index in [0.29, 0.717) is 56.0 Å². The number of H-pyrrole nitrogens is 1. The van der Waals surface area contributed by atoms with Crippen LogP contribution in [-0.2, 0) is 4.74 Å². The molecule has 4 heterocycles. The van der Waals surface area contributed by atoms with Crippen LogP contribution in [0.5, 0.6) is 11.6 Å². The van der Waals surface area contributed by atoms with Crippen LogP contribution in [0.15, 0.2) is 60.0 Å². The zero-order valence-corrected chi connectivity index (χ0v) is 18.3. The van der Waals surface area contributed by atoms with Gasteiger partial charge < -0.3 is 24.2 Å². The number of hydrogen-bond acceptors (Lipinski definition) is 8. The molecule has 9 nitrogen and oxygen atoms in total. The minimum atomic E-state index is 0.241. The van der Waals surface area contributed by atoms with E-state index in [1.165, 1.54) is 0 Å². The van der Waals surface area contributed by atoms with Gasteiger partial charge in [-0.15, -0.1) is 0 Å². The summed E-state index contributed by atoms with van der Waals surface area (Å²) in [6, 6.07) is 13.6. The Morgan fingerprint density at radius 1 is 1.12 bits per heavy atom. The third kappa shape index (κ3) is 4.49. The molecule has 0 bridgehead atoms. The summed E-state index contributed by atoms with van der Waals surface area (Å²) in [5.74, 6) is 1.78. The average molecular weight is 444 g/mol. The van der Waals surface area contributed by atoms with E-state index in [1.807, 2.05) is 55.6 Å². The van der Waals surface area contributed by atoms with Gasteiger partial charge in [-0.1, -0.05) is 29.4 Å². The Kier molecular flexibility index (Phi) is 6.12. The lowest BCUT2D eigenvalue weighted by Crippen LogP contribution is -2.37. The Hall–Kier alpha value is -3.98. The predicted octanol–water partition coefficient (Wildman–Crippen LogP) is 3.67. The number of aromatic nitrogens is 4. The van der Waals surface area contributed by atoms with Gasteiger partial charge in [0.25, 0.3) is 5.88 Å². The summed E-state index contributed by atoms with van der Waals surface area (Å²) in [5, 5.41) is 5.28. The van der Waals surface area contributed by atoms with Crippen LogP contribution < -0.4 is 14.5 Å². The molecule has 1 aliphatic heterocycles. The molecule has 1 aliphatic rings. The lowest BCUT2D eigenvalue weighted by Gasteiger charge is -2.29. The monoisotopic (exact) mass is 444 g/mol. The smallest absolute Gasteiger partial charge is 0.297 e. The maximum Gasteiger partial charge on any atom is 0.297 e. The first-order chi connectivity index (χ1) is 16.3. The van der Waals surface area contributed by atoms with Crippen molar-refractivity contribution in [2.24, 2.45) is 5.16 Å². The molecule has 1 saturated heterocycles. The van der Waals surface area contributed by atoms with Gasteiger partial charge in [0.1, 0.15) is 5.69 Å². The van der Waals surface area contributed by atoms with Crippen LogP contribution in [0.2, 0.25) is 0 Å². The fourth-order valence-electron chi connectivity index (χ4n) is 3.68. The first kappa shape index (κ1) is 20.9. The maximum atomic E-state index is 5.94. The summed E-state index contributed by atoms with van der Waals surface area (Å²) in [6.45, 7) is 4.96. The van der Waals surface area contributed by atoms with E-state index in [4.69, 9.17) is 19.3 Å². The van der Waals surface area contributed by atoms with E-state index in [0.717, 1.165) is 16.5 Å². The number of aromatic amines is 1. The fourth-order valence-corrected chi connectivity index (χ4v) is 3.68. The summed E-state index contributed by atoms with van der Waals surface area (Å²) < 4.78 is 11.4. The van der Waals surface area contributed by atoms with Gasteiger partial charge >= 0.3 is 0 Å². The molecule has 1 fully saturated rings. The molecule has 0 saturated carbocycles. The quantitative estimate of drug-likeness (QED) is 0.343. The van der Waals surface area contributed by atoms with Crippen molar-refractivity contribution in [1.82, 2.24) is 19.9 Å². The van der Waals surface area contributed by atoms with Crippen LogP contribution in [0.3, 0.4) is 0 Å². The maximum absolute atomic E-state index is 5.94. The van der Waals surface area contributed by atoms with Crippen molar-refractivity contribution in [3.05, 3.63) is 60.4 Å². The zero-order valence-electron chi connectivity index (χ0n) is 18.3. The van der Waals surface area contributed by atoms with E-state index < -0.39 is 0 Å². The van der Waals surface area contributed by atoms with Crippen molar-refractivity contribution in [2.75, 3.05) is 37.8 Å². The number of oxime groups is 1. The third-order valence-corrected chi connectivity index (χ3v) is 5.26. The first-order valence-corrected chi connectivity index (χ1v) is 10.9. The predicted molar refractivity (Wildman–Crippen MR) is 126 cm³/mol. The molecule has 168 valence electrons. The summed E-state index contributed by atoms with van der Waals surface area (Å²) in [5.41, 5.74) is 2.58. The van der Waals surface area contributed by atoms with Crippen molar-refractivity contribution >= 4 is 22.9 Å². The minimum Gasteiger partial charge on any atom is -0.485 e. The molecule has 0 aliphatic carbocycles. The third-order valence-electron chi connectivity index (χ3n) is 5.26. The van der Waals surface area contributed by atoms with Gasteiger partial charge in [0.15, 0.2) is 11.6 Å². The van der Waals surface area contributed by atoms with Gasteiger partial charge in [0.2, 0.25) is 5.75 Å². The van der Waals surface area contributed by atoms with Crippen LogP contribution in [0.1, 0.15) is 12.5 Å². The van der Waals surface area contributed by atoms with Crippen LogP contribution in [-0.4, -0.2) is 59.1 Å². The number of ether oxygens (including phenoxy) is 2. The van der Waals surface area contributed by atoms with Crippen LogP contribution in [0.4, 0.5) is 5.82 Å². The Balaban J connectivity index is 1.53. The van der Waals surface area contributed by atoms with Gasteiger partial charge in [-0.05, 0) is 25.1 Å². The molecule has 9 heteroatoms. The Morgan fingerprint density at radius 2 is 1.97 bits per heavy atom. The van der Waals surface area contributed by atoms with E-state index in [9.17, 15) is 0 Å². The highest BCUT2D eigenvalue weighted by atomic mass is 16.6. The highest BCUT2D eigenvalue weighted by molar-refractivity contribution is 5.98. The normalized spacial score (nSPS) is 14.2. The van der Waals surface area contributed by atoms with E-state index in [2.05, 4.69) is 25.0 Å². The number of nitrogens with one attached hydrogen (secondary N) is 1. The number of morpholine rings is 1. The number of para-hydroxylation sites is 1. The van der Waals surface area contributed by atoms with E-state index in [1.54, 1.807) is 12.4 Å². The van der Waals surface area contributed by atoms with Crippen molar-refractivity contribution < 1.29 is 14.3 Å². The molecule has 5 rings (SSSR count). The van der Waals surface area contributed by atoms with Crippen molar-refractivity contribution in [2.45, 2.75) is 6.92 Å². The molecular weight excluding hydrogens is 420 g/mol. The molecule has 33 heavy (non-hydrogen) atoms. The van der Waals surface area contributed by atoms with Crippen molar-refractivity contribution in [3.63, 3.8) is 0 Å². The van der Waals surface area contributed by atoms with Crippen LogP contribution in [0.25, 0.3) is 22.4 Å². The van der Waals surface area contributed by atoms with E-state index in [-0.39, 0.29) is 5.88 Å². The number of pyridine rings is 1. The van der Waals surface area contributed by atoms with Crippen molar-refractivity contribution in [3.8, 4) is 23.1 Å². The lowest BCUT2D eigenvalue weighted by atomic mass is 10.2. The number of anilines is 1. The van der Waals surface area contributed by atoms with E-state index >= 15 is 0 Å². The second-order valence-electron chi connectivity index (χ2n) is 7.37.